The van der Waals surface area contributed by atoms with Crippen molar-refractivity contribution in [3.05, 3.63) is 34.3 Å². The number of amides is 1. The van der Waals surface area contributed by atoms with Gasteiger partial charge in [-0.1, -0.05) is 53.9 Å². The zero-order valence-electron chi connectivity index (χ0n) is 12.9. The van der Waals surface area contributed by atoms with Crippen LogP contribution in [-0.4, -0.2) is 30.4 Å². The van der Waals surface area contributed by atoms with E-state index in [4.69, 9.17) is 0 Å². The SMILES string of the molecule is C[C@H]1CCCC[C@H]1NC(=O)CN(C)Cc1ccccc1Br. The van der Waals surface area contributed by atoms with Crippen molar-refractivity contribution in [3.63, 3.8) is 0 Å². The van der Waals surface area contributed by atoms with Crippen molar-refractivity contribution in [1.29, 1.82) is 0 Å². The highest BCUT2D eigenvalue weighted by molar-refractivity contribution is 9.10. The number of nitrogens with zero attached hydrogens (tertiary/aromatic N) is 1. The van der Waals surface area contributed by atoms with Crippen LogP contribution in [0.4, 0.5) is 0 Å². The molecule has 0 aliphatic heterocycles. The van der Waals surface area contributed by atoms with Gasteiger partial charge in [0.25, 0.3) is 0 Å². The summed E-state index contributed by atoms with van der Waals surface area (Å²) in [6.07, 6.45) is 4.90. The average molecular weight is 353 g/mol. The van der Waals surface area contributed by atoms with Gasteiger partial charge in [0.1, 0.15) is 0 Å². The summed E-state index contributed by atoms with van der Waals surface area (Å²) in [4.78, 5) is 14.2. The van der Waals surface area contributed by atoms with Crippen molar-refractivity contribution in [2.75, 3.05) is 13.6 Å². The Kier molecular flexibility index (Phi) is 6.24. The minimum Gasteiger partial charge on any atom is -0.352 e. The molecule has 2 rings (SSSR count). The molecule has 1 aromatic carbocycles. The fraction of sp³-hybridized carbons (Fsp3) is 0.588. The molecular weight excluding hydrogens is 328 g/mol. The van der Waals surface area contributed by atoms with E-state index in [-0.39, 0.29) is 5.91 Å². The third-order valence-corrected chi connectivity index (χ3v) is 5.04. The zero-order valence-corrected chi connectivity index (χ0v) is 14.5. The Bertz CT molecular complexity index is 478. The molecule has 21 heavy (non-hydrogen) atoms. The van der Waals surface area contributed by atoms with Crippen LogP contribution in [0.1, 0.15) is 38.2 Å². The van der Waals surface area contributed by atoms with E-state index in [0.29, 0.717) is 18.5 Å². The molecule has 0 heterocycles. The largest absolute Gasteiger partial charge is 0.352 e. The first-order valence-corrected chi connectivity index (χ1v) is 8.57. The quantitative estimate of drug-likeness (QED) is 0.878. The number of halogens is 1. The van der Waals surface area contributed by atoms with E-state index in [2.05, 4.69) is 39.1 Å². The van der Waals surface area contributed by atoms with Crippen LogP contribution in [-0.2, 0) is 11.3 Å². The van der Waals surface area contributed by atoms with Gasteiger partial charge in [-0.3, -0.25) is 9.69 Å². The number of hydrogen-bond acceptors (Lipinski definition) is 2. The number of rotatable bonds is 5. The predicted molar refractivity (Wildman–Crippen MR) is 90.0 cm³/mol. The molecule has 1 N–H and O–H groups in total. The Morgan fingerprint density at radius 3 is 2.76 bits per heavy atom. The lowest BCUT2D eigenvalue weighted by Gasteiger charge is -2.30. The van der Waals surface area contributed by atoms with Crippen LogP contribution in [0.3, 0.4) is 0 Å². The molecule has 1 fully saturated rings. The van der Waals surface area contributed by atoms with Gasteiger partial charge >= 0.3 is 0 Å². The topological polar surface area (TPSA) is 32.3 Å². The van der Waals surface area contributed by atoms with E-state index >= 15 is 0 Å². The number of hydrogen-bond donors (Lipinski definition) is 1. The molecule has 0 spiro atoms. The van der Waals surface area contributed by atoms with E-state index in [1.807, 2.05) is 25.2 Å². The summed E-state index contributed by atoms with van der Waals surface area (Å²) < 4.78 is 1.10. The van der Waals surface area contributed by atoms with Gasteiger partial charge in [0.2, 0.25) is 5.91 Å². The molecule has 0 radical (unpaired) electrons. The van der Waals surface area contributed by atoms with Crippen LogP contribution in [0.5, 0.6) is 0 Å². The molecular formula is C17H25BrN2O. The summed E-state index contributed by atoms with van der Waals surface area (Å²) in [5, 5.41) is 3.21. The van der Waals surface area contributed by atoms with Gasteiger partial charge in [-0.2, -0.15) is 0 Å². The van der Waals surface area contributed by atoms with Crippen molar-refractivity contribution < 1.29 is 4.79 Å². The van der Waals surface area contributed by atoms with Gasteiger partial charge in [-0.05, 0) is 37.4 Å². The Balaban J connectivity index is 1.80. The van der Waals surface area contributed by atoms with Crippen LogP contribution in [0.2, 0.25) is 0 Å². The van der Waals surface area contributed by atoms with Crippen LogP contribution in [0.25, 0.3) is 0 Å². The molecule has 4 heteroatoms. The van der Waals surface area contributed by atoms with Crippen LogP contribution in [0.15, 0.2) is 28.7 Å². The van der Waals surface area contributed by atoms with Gasteiger partial charge in [-0.15, -0.1) is 0 Å². The average Bonchev–Trinajstić information content (AvgIpc) is 2.44. The first-order chi connectivity index (χ1) is 10.1. The van der Waals surface area contributed by atoms with Crippen molar-refractivity contribution >= 4 is 21.8 Å². The van der Waals surface area contributed by atoms with Crippen molar-refractivity contribution in [3.8, 4) is 0 Å². The second-order valence-electron chi connectivity index (χ2n) is 6.20. The fourth-order valence-corrected chi connectivity index (χ4v) is 3.41. The molecule has 0 saturated heterocycles. The maximum absolute atomic E-state index is 12.2. The second kappa shape index (κ2) is 7.95. The Morgan fingerprint density at radius 2 is 2.05 bits per heavy atom. The smallest absolute Gasteiger partial charge is 0.234 e. The van der Waals surface area contributed by atoms with Crippen molar-refractivity contribution in [2.24, 2.45) is 5.92 Å². The van der Waals surface area contributed by atoms with Gasteiger partial charge in [0.15, 0.2) is 0 Å². The number of nitrogens with one attached hydrogen (secondary N) is 1. The lowest BCUT2D eigenvalue weighted by atomic mass is 9.86. The molecule has 0 unspecified atom stereocenters. The minimum atomic E-state index is 0.142. The summed E-state index contributed by atoms with van der Waals surface area (Å²) in [5.41, 5.74) is 1.21. The van der Waals surface area contributed by atoms with E-state index in [1.165, 1.54) is 24.8 Å². The monoisotopic (exact) mass is 352 g/mol. The third kappa shape index (κ3) is 5.11. The molecule has 2 atom stereocenters. The molecule has 0 bridgehead atoms. The van der Waals surface area contributed by atoms with Crippen molar-refractivity contribution in [1.82, 2.24) is 10.2 Å². The molecule has 1 aliphatic rings. The summed E-state index contributed by atoms with van der Waals surface area (Å²) in [7, 11) is 1.99. The molecule has 1 amide bonds. The maximum atomic E-state index is 12.2. The van der Waals surface area contributed by atoms with Gasteiger partial charge in [0.05, 0.1) is 6.54 Å². The normalized spacial score (nSPS) is 22.3. The molecule has 3 nitrogen and oxygen atoms in total. The fourth-order valence-electron chi connectivity index (χ4n) is 3.00. The highest BCUT2D eigenvalue weighted by Gasteiger charge is 2.23. The van der Waals surface area contributed by atoms with Crippen molar-refractivity contribution in [2.45, 2.75) is 45.2 Å². The number of carbonyl (C=O) groups is 1. The Hall–Kier alpha value is -0.870. The highest BCUT2D eigenvalue weighted by Crippen LogP contribution is 2.23. The van der Waals surface area contributed by atoms with Gasteiger partial charge in [0, 0.05) is 17.1 Å². The molecule has 1 saturated carbocycles. The predicted octanol–water partition coefficient (Wildman–Crippen LogP) is 3.58. The molecule has 0 aromatic heterocycles. The van der Waals surface area contributed by atoms with Crippen LogP contribution < -0.4 is 5.32 Å². The first-order valence-electron chi connectivity index (χ1n) is 7.77. The summed E-state index contributed by atoms with van der Waals surface area (Å²) in [6.45, 7) is 3.47. The summed E-state index contributed by atoms with van der Waals surface area (Å²) in [5.74, 6) is 0.750. The summed E-state index contributed by atoms with van der Waals surface area (Å²) >= 11 is 3.55. The highest BCUT2D eigenvalue weighted by atomic mass is 79.9. The zero-order chi connectivity index (χ0) is 15.2. The number of benzene rings is 1. The van der Waals surface area contributed by atoms with E-state index in [1.54, 1.807) is 0 Å². The number of likely N-dealkylation sites (N-methyl/N-ethyl adjacent to an activating group) is 1. The molecule has 116 valence electrons. The van der Waals surface area contributed by atoms with E-state index in [9.17, 15) is 4.79 Å². The second-order valence-corrected chi connectivity index (χ2v) is 7.05. The first kappa shape index (κ1) is 16.5. The standard InChI is InChI=1S/C17H25BrN2O/c1-13-7-3-6-10-16(13)19-17(21)12-20(2)11-14-8-4-5-9-15(14)18/h4-5,8-9,13,16H,3,6-7,10-12H2,1-2H3,(H,19,21)/t13-,16+/m0/s1. The van der Waals surface area contributed by atoms with Gasteiger partial charge < -0.3 is 5.32 Å². The van der Waals surface area contributed by atoms with Gasteiger partial charge in [-0.25, -0.2) is 0 Å². The lowest BCUT2D eigenvalue weighted by Crippen LogP contribution is -2.44. The third-order valence-electron chi connectivity index (χ3n) is 4.27. The Morgan fingerprint density at radius 1 is 1.33 bits per heavy atom. The van der Waals surface area contributed by atoms with Crippen LogP contribution >= 0.6 is 15.9 Å². The van der Waals surface area contributed by atoms with Crippen LogP contribution in [0, 0.1) is 5.92 Å². The molecule has 1 aromatic rings. The summed E-state index contributed by atoms with van der Waals surface area (Å²) in [6, 6.07) is 8.51. The maximum Gasteiger partial charge on any atom is 0.234 e. The van der Waals surface area contributed by atoms with E-state index in [0.717, 1.165) is 17.4 Å². The van der Waals surface area contributed by atoms with E-state index < -0.39 is 0 Å². The Labute approximate surface area is 136 Å². The lowest BCUT2D eigenvalue weighted by molar-refractivity contribution is -0.123. The molecule has 1 aliphatic carbocycles. The minimum absolute atomic E-state index is 0.142. The number of carbonyl (C=O) groups excluding carboxylic acids is 1.